The third-order valence-electron chi connectivity index (χ3n) is 14.5. The van der Waals surface area contributed by atoms with Crippen molar-refractivity contribution in [2.75, 3.05) is 13.2 Å². The highest BCUT2D eigenvalue weighted by Crippen LogP contribution is 2.17. The van der Waals surface area contributed by atoms with Crippen molar-refractivity contribution in [3.05, 3.63) is 72.9 Å². The maximum Gasteiger partial charge on any atom is 0.306 e. The summed E-state index contributed by atoms with van der Waals surface area (Å²) in [6.07, 6.45) is 83.7. The summed E-state index contributed by atoms with van der Waals surface area (Å²) in [5.74, 6) is -0.854. The number of allylic oxidation sites excluding steroid dienone is 12. The van der Waals surface area contributed by atoms with Gasteiger partial charge in [0.05, 0.1) is 0 Å². The SMILES string of the molecule is CC/C=C\C/C=C\C/C=C\C/C=C\C/C=C\C/C=C\CCCCCCCCCCCCCCCCCCC(=O)OCC(COC(=O)CCCCCCCCCC)OC(=O)CCCCCCCCCCCCCCCCC. The molecular weight excluding hydrogens is 937 g/mol. The second kappa shape index (κ2) is 64.4. The molecule has 76 heavy (non-hydrogen) atoms. The minimum atomic E-state index is -0.768. The summed E-state index contributed by atoms with van der Waals surface area (Å²) in [4.78, 5) is 38.1. The zero-order chi connectivity index (χ0) is 55.0. The third-order valence-corrected chi connectivity index (χ3v) is 14.5. The fraction of sp³-hybridized carbons (Fsp3) is 0.786. The van der Waals surface area contributed by atoms with Crippen molar-refractivity contribution in [2.24, 2.45) is 0 Å². The van der Waals surface area contributed by atoms with E-state index in [1.54, 1.807) is 0 Å². The molecule has 0 aromatic carbocycles. The molecule has 1 unspecified atom stereocenters. The minimum absolute atomic E-state index is 0.0684. The molecule has 6 nitrogen and oxygen atoms in total. The molecular formula is C70H124O6. The van der Waals surface area contributed by atoms with E-state index in [2.05, 4.69) is 93.7 Å². The number of carbonyl (C=O) groups is 3. The Morgan fingerprint density at radius 2 is 0.513 bits per heavy atom. The molecule has 0 aromatic heterocycles. The molecule has 0 saturated carbocycles. The summed E-state index contributed by atoms with van der Waals surface area (Å²) in [6.45, 7) is 6.54. The molecule has 0 saturated heterocycles. The Morgan fingerprint density at radius 1 is 0.276 bits per heavy atom. The van der Waals surface area contributed by atoms with Gasteiger partial charge in [0, 0.05) is 19.3 Å². The Morgan fingerprint density at radius 3 is 0.803 bits per heavy atom. The molecule has 0 aliphatic rings. The zero-order valence-electron chi connectivity index (χ0n) is 50.5. The van der Waals surface area contributed by atoms with Crippen molar-refractivity contribution in [3.8, 4) is 0 Å². The van der Waals surface area contributed by atoms with Gasteiger partial charge in [-0.05, 0) is 70.6 Å². The van der Waals surface area contributed by atoms with Crippen LogP contribution in [0.5, 0.6) is 0 Å². The van der Waals surface area contributed by atoms with Crippen molar-refractivity contribution < 1.29 is 28.6 Å². The van der Waals surface area contributed by atoms with Gasteiger partial charge in [-0.15, -0.1) is 0 Å². The van der Waals surface area contributed by atoms with Crippen molar-refractivity contribution in [2.45, 2.75) is 341 Å². The summed E-state index contributed by atoms with van der Waals surface area (Å²) in [5, 5.41) is 0. The Balaban J connectivity index is 4.01. The van der Waals surface area contributed by atoms with Crippen LogP contribution in [0.25, 0.3) is 0 Å². The average Bonchev–Trinajstić information content (AvgIpc) is 3.42. The van der Waals surface area contributed by atoms with Gasteiger partial charge in [0.25, 0.3) is 0 Å². The summed E-state index contributed by atoms with van der Waals surface area (Å²) < 4.78 is 16.9. The molecule has 0 fully saturated rings. The summed E-state index contributed by atoms with van der Waals surface area (Å²) in [7, 11) is 0. The van der Waals surface area contributed by atoms with Gasteiger partial charge < -0.3 is 14.2 Å². The largest absolute Gasteiger partial charge is 0.462 e. The van der Waals surface area contributed by atoms with Gasteiger partial charge in [-0.3, -0.25) is 14.4 Å². The van der Waals surface area contributed by atoms with Crippen LogP contribution in [0.15, 0.2) is 72.9 Å². The quantitative estimate of drug-likeness (QED) is 0.0261. The first-order valence-electron chi connectivity index (χ1n) is 32.9. The van der Waals surface area contributed by atoms with Gasteiger partial charge in [0.2, 0.25) is 0 Å². The number of hydrogen-bond acceptors (Lipinski definition) is 6. The van der Waals surface area contributed by atoms with Crippen LogP contribution in [0.4, 0.5) is 0 Å². The normalized spacial score (nSPS) is 12.5. The first-order valence-corrected chi connectivity index (χ1v) is 32.9. The summed E-state index contributed by atoms with van der Waals surface area (Å²) in [5.41, 5.74) is 0. The van der Waals surface area contributed by atoms with Crippen LogP contribution in [0.2, 0.25) is 0 Å². The maximum absolute atomic E-state index is 12.8. The first kappa shape index (κ1) is 72.8. The first-order chi connectivity index (χ1) is 37.5. The molecule has 0 N–H and O–H groups in total. The van der Waals surface area contributed by atoms with Crippen LogP contribution in [0.1, 0.15) is 335 Å². The molecule has 0 aliphatic carbocycles. The van der Waals surface area contributed by atoms with Gasteiger partial charge in [0.1, 0.15) is 13.2 Å². The van der Waals surface area contributed by atoms with Crippen molar-refractivity contribution in [1.82, 2.24) is 0 Å². The fourth-order valence-corrected chi connectivity index (χ4v) is 9.57. The molecule has 0 amide bonds. The number of carbonyl (C=O) groups excluding carboxylic acids is 3. The van der Waals surface area contributed by atoms with Crippen LogP contribution >= 0.6 is 0 Å². The monoisotopic (exact) mass is 1060 g/mol. The Labute approximate surface area is 472 Å². The van der Waals surface area contributed by atoms with E-state index in [9.17, 15) is 14.4 Å². The molecule has 1 atom stereocenters. The highest BCUT2D eigenvalue weighted by atomic mass is 16.6. The van der Waals surface area contributed by atoms with Gasteiger partial charge in [0.15, 0.2) is 6.10 Å². The van der Waals surface area contributed by atoms with Gasteiger partial charge in [-0.2, -0.15) is 0 Å². The number of ether oxygens (including phenoxy) is 3. The average molecular weight is 1060 g/mol. The fourth-order valence-electron chi connectivity index (χ4n) is 9.57. The number of unbranched alkanes of at least 4 members (excludes halogenated alkanes) is 37. The number of rotatable bonds is 60. The van der Waals surface area contributed by atoms with E-state index in [1.165, 1.54) is 199 Å². The molecule has 0 heterocycles. The number of hydrogen-bond donors (Lipinski definition) is 0. The molecule has 0 spiro atoms. The van der Waals surface area contributed by atoms with E-state index in [4.69, 9.17) is 14.2 Å². The Kier molecular flexibility index (Phi) is 61.7. The van der Waals surface area contributed by atoms with Gasteiger partial charge in [-0.25, -0.2) is 0 Å². The molecule has 0 radical (unpaired) electrons. The van der Waals surface area contributed by atoms with Gasteiger partial charge >= 0.3 is 17.9 Å². The van der Waals surface area contributed by atoms with E-state index in [0.717, 1.165) is 96.3 Å². The lowest BCUT2D eigenvalue weighted by atomic mass is 10.0. The molecule has 0 bridgehead atoms. The lowest BCUT2D eigenvalue weighted by molar-refractivity contribution is -0.167. The smallest absolute Gasteiger partial charge is 0.306 e. The molecule has 0 aromatic rings. The van der Waals surface area contributed by atoms with Gasteiger partial charge in [-0.1, -0.05) is 318 Å². The highest BCUT2D eigenvalue weighted by molar-refractivity contribution is 5.71. The predicted octanol–water partition coefficient (Wildman–Crippen LogP) is 22.5. The minimum Gasteiger partial charge on any atom is -0.462 e. The second-order valence-electron chi connectivity index (χ2n) is 22.0. The van der Waals surface area contributed by atoms with Crippen molar-refractivity contribution >= 4 is 17.9 Å². The molecule has 0 aliphatic heterocycles. The molecule has 0 rings (SSSR count). The lowest BCUT2D eigenvalue weighted by Crippen LogP contribution is -2.30. The summed E-state index contributed by atoms with van der Waals surface area (Å²) >= 11 is 0. The standard InChI is InChI=1S/C70H124O6/c1-4-7-10-13-16-19-21-23-25-26-27-28-29-30-31-32-33-34-35-36-37-38-39-40-41-42-43-44-46-47-49-51-54-57-60-63-69(72)75-66-67(65-74-68(71)62-59-56-53-18-15-12-9-6-3)76-70(73)64-61-58-55-52-50-48-45-24-22-20-17-14-11-8-5-2/h7,10,16,19,23,25,27-28,30-31,33-34,67H,4-6,8-9,11-15,17-18,20-22,24,26,29,32,35-66H2,1-3H3/b10-7-,19-16-,25-23-,28-27-,31-30-,34-33-. The Hall–Kier alpha value is -3.15. The van der Waals surface area contributed by atoms with Crippen LogP contribution in [-0.2, 0) is 28.6 Å². The topological polar surface area (TPSA) is 78.9 Å². The van der Waals surface area contributed by atoms with Crippen molar-refractivity contribution in [3.63, 3.8) is 0 Å². The maximum atomic E-state index is 12.8. The van der Waals surface area contributed by atoms with E-state index in [-0.39, 0.29) is 31.1 Å². The van der Waals surface area contributed by atoms with Crippen molar-refractivity contribution in [1.29, 1.82) is 0 Å². The third kappa shape index (κ3) is 61.7. The van der Waals surface area contributed by atoms with Crippen LogP contribution < -0.4 is 0 Å². The van der Waals surface area contributed by atoms with E-state index >= 15 is 0 Å². The lowest BCUT2D eigenvalue weighted by Gasteiger charge is -2.18. The predicted molar refractivity (Wildman–Crippen MR) is 330 cm³/mol. The molecule has 6 heteroatoms. The Bertz CT molecular complexity index is 1400. The van der Waals surface area contributed by atoms with E-state index in [0.29, 0.717) is 19.3 Å². The highest BCUT2D eigenvalue weighted by Gasteiger charge is 2.19. The van der Waals surface area contributed by atoms with Crippen LogP contribution in [0, 0.1) is 0 Å². The summed E-state index contributed by atoms with van der Waals surface area (Å²) in [6, 6.07) is 0. The second-order valence-corrected chi connectivity index (χ2v) is 22.0. The molecule has 440 valence electrons. The van der Waals surface area contributed by atoms with E-state index in [1.807, 2.05) is 0 Å². The number of esters is 3. The van der Waals surface area contributed by atoms with Crippen LogP contribution in [-0.4, -0.2) is 37.2 Å². The zero-order valence-corrected chi connectivity index (χ0v) is 50.5. The van der Waals surface area contributed by atoms with E-state index < -0.39 is 6.10 Å². The van der Waals surface area contributed by atoms with Crippen LogP contribution in [0.3, 0.4) is 0 Å².